The Balaban J connectivity index is 2.43. The average Bonchev–Trinajstić information content (AvgIpc) is 2.50. The molecule has 20 heavy (non-hydrogen) atoms. The average molecular weight is 292 g/mol. The van der Waals surface area contributed by atoms with Gasteiger partial charge < -0.3 is 0 Å². The second kappa shape index (κ2) is 4.98. The van der Waals surface area contributed by atoms with Gasteiger partial charge in [0.1, 0.15) is 0 Å². The Morgan fingerprint density at radius 1 is 1.20 bits per heavy atom. The number of hydrogen-bond donors (Lipinski definition) is 0. The predicted molar refractivity (Wildman–Crippen MR) is 88.9 cm³/mol. The van der Waals surface area contributed by atoms with Crippen LogP contribution in [0.3, 0.4) is 0 Å². The molecular weight excluding hydrogens is 264 g/mol. The molecule has 0 saturated heterocycles. The van der Waals surface area contributed by atoms with Gasteiger partial charge in [0.05, 0.1) is 10.8 Å². The van der Waals surface area contributed by atoms with Gasteiger partial charge in [-0.15, -0.1) is 0 Å². The van der Waals surface area contributed by atoms with Gasteiger partial charge in [0.2, 0.25) is 0 Å². The Morgan fingerprint density at radius 2 is 1.80 bits per heavy atom. The van der Waals surface area contributed by atoms with Crippen LogP contribution in [0.5, 0.6) is 0 Å². The van der Waals surface area contributed by atoms with E-state index >= 15 is 0 Å². The van der Waals surface area contributed by atoms with Crippen LogP contribution >= 0.6 is 0 Å². The lowest BCUT2D eigenvalue weighted by molar-refractivity contribution is 0.228. The molecule has 0 spiro atoms. The standard InChI is InChI=1S/C18H28OS/c1-7-17(5)12-14-8-10-18(6,16(2,3)4)11-9-15(14)20(19)13-17/h8-11H,7,12-13H2,1-6H3. The van der Waals surface area contributed by atoms with Gasteiger partial charge in [-0.1, -0.05) is 59.8 Å². The van der Waals surface area contributed by atoms with Gasteiger partial charge in [-0.2, -0.15) is 0 Å². The Hall–Kier alpha value is -0.630. The van der Waals surface area contributed by atoms with Crippen LogP contribution in [0.2, 0.25) is 0 Å². The molecule has 1 heterocycles. The minimum absolute atomic E-state index is 0.0111. The van der Waals surface area contributed by atoms with Crippen molar-refractivity contribution >= 4 is 10.8 Å². The third-order valence-corrected chi connectivity index (χ3v) is 7.19. The molecule has 0 N–H and O–H groups in total. The summed E-state index contributed by atoms with van der Waals surface area (Å²) in [6.45, 7) is 13.5. The van der Waals surface area contributed by atoms with Crippen LogP contribution < -0.4 is 0 Å². The summed E-state index contributed by atoms with van der Waals surface area (Å²) in [4.78, 5) is 1.06. The van der Waals surface area contributed by atoms with E-state index in [0.29, 0.717) is 0 Å². The van der Waals surface area contributed by atoms with E-state index in [0.717, 1.165) is 23.5 Å². The summed E-state index contributed by atoms with van der Waals surface area (Å²) in [5, 5.41) is 0. The quantitative estimate of drug-likeness (QED) is 0.665. The van der Waals surface area contributed by atoms with Gasteiger partial charge in [-0.05, 0) is 35.3 Å². The summed E-state index contributed by atoms with van der Waals surface area (Å²) >= 11 is 0. The fraction of sp³-hybridized carbons (Fsp3) is 0.667. The summed E-state index contributed by atoms with van der Waals surface area (Å²) in [5.74, 6) is 0.798. The highest BCUT2D eigenvalue weighted by molar-refractivity contribution is 7.89. The van der Waals surface area contributed by atoms with Crippen molar-refractivity contribution in [3.8, 4) is 0 Å². The molecule has 2 rings (SSSR count). The van der Waals surface area contributed by atoms with E-state index in [2.05, 4.69) is 65.8 Å². The molecular formula is C18H28OS. The first-order valence-corrected chi connectivity index (χ1v) is 8.92. The zero-order chi connectivity index (χ0) is 15.2. The highest BCUT2D eigenvalue weighted by Crippen LogP contribution is 2.46. The number of allylic oxidation sites excluding steroid dienone is 5. The van der Waals surface area contributed by atoms with Crippen LogP contribution in [0, 0.1) is 16.2 Å². The van der Waals surface area contributed by atoms with Gasteiger partial charge in [0.25, 0.3) is 0 Å². The van der Waals surface area contributed by atoms with E-state index in [-0.39, 0.29) is 16.2 Å². The Kier molecular flexibility index (Phi) is 3.92. The summed E-state index contributed by atoms with van der Waals surface area (Å²) in [7, 11) is -0.856. The number of hydrogen-bond acceptors (Lipinski definition) is 1. The topological polar surface area (TPSA) is 17.1 Å². The van der Waals surface area contributed by atoms with Crippen molar-refractivity contribution in [2.75, 3.05) is 5.75 Å². The van der Waals surface area contributed by atoms with Crippen LogP contribution in [-0.4, -0.2) is 9.96 Å². The predicted octanol–water partition coefficient (Wildman–Crippen LogP) is 4.99. The fourth-order valence-electron chi connectivity index (χ4n) is 2.77. The zero-order valence-electron chi connectivity index (χ0n) is 13.7. The molecule has 112 valence electrons. The maximum Gasteiger partial charge on any atom is 0.0537 e. The molecule has 0 bridgehead atoms. The molecule has 1 aliphatic heterocycles. The molecule has 0 saturated carbocycles. The van der Waals surface area contributed by atoms with E-state index in [1.54, 1.807) is 0 Å². The van der Waals surface area contributed by atoms with Crippen molar-refractivity contribution in [2.24, 2.45) is 16.2 Å². The van der Waals surface area contributed by atoms with Gasteiger partial charge in [-0.25, -0.2) is 0 Å². The lowest BCUT2D eigenvalue weighted by atomic mass is 9.67. The summed E-state index contributed by atoms with van der Waals surface area (Å²) in [5.41, 5.74) is 1.63. The SMILES string of the molecule is CCC1(C)CC2=C(C=CC(C)(C(C)(C)C)C=C2)S(=O)C1. The first-order chi connectivity index (χ1) is 9.10. The van der Waals surface area contributed by atoms with Crippen molar-refractivity contribution < 1.29 is 4.21 Å². The van der Waals surface area contributed by atoms with E-state index in [9.17, 15) is 4.21 Å². The van der Waals surface area contributed by atoms with Crippen LogP contribution in [0.1, 0.15) is 54.4 Å². The molecule has 0 aromatic carbocycles. The lowest BCUT2D eigenvalue weighted by Gasteiger charge is -2.37. The van der Waals surface area contributed by atoms with E-state index in [1.165, 1.54) is 5.57 Å². The summed E-state index contributed by atoms with van der Waals surface area (Å²) < 4.78 is 12.6. The molecule has 0 aromatic rings. The van der Waals surface area contributed by atoms with Crippen molar-refractivity contribution in [2.45, 2.75) is 54.4 Å². The summed E-state index contributed by atoms with van der Waals surface area (Å²) in [6, 6.07) is 0. The zero-order valence-corrected chi connectivity index (χ0v) is 14.6. The maximum absolute atomic E-state index is 12.6. The molecule has 2 aliphatic rings. The highest BCUT2D eigenvalue weighted by Gasteiger charge is 2.37. The van der Waals surface area contributed by atoms with Crippen molar-refractivity contribution in [3.05, 3.63) is 34.8 Å². The Bertz CT molecular complexity index is 518. The second-order valence-corrected chi connectivity index (χ2v) is 9.34. The smallest absolute Gasteiger partial charge is 0.0537 e. The third-order valence-electron chi connectivity index (χ3n) is 5.34. The van der Waals surface area contributed by atoms with Gasteiger partial charge in [0, 0.05) is 16.1 Å². The Morgan fingerprint density at radius 3 is 2.35 bits per heavy atom. The fourth-order valence-corrected chi connectivity index (χ4v) is 4.51. The van der Waals surface area contributed by atoms with Crippen molar-refractivity contribution in [1.82, 2.24) is 0 Å². The van der Waals surface area contributed by atoms with Crippen LogP contribution in [-0.2, 0) is 10.8 Å². The lowest BCUT2D eigenvalue weighted by Crippen LogP contribution is -2.29. The second-order valence-electron chi connectivity index (χ2n) is 7.92. The van der Waals surface area contributed by atoms with Gasteiger partial charge >= 0.3 is 0 Å². The van der Waals surface area contributed by atoms with Crippen LogP contribution in [0.4, 0.5) is 0 Å². The normalized spacial score (nSPS) is 37.8. The third kappa shape index (κ3) is 2.72. The first-order valence-electron chi connectivity index (χ1n) is 7.60. The molecule has 1 nitrogen and oxygen atoms in total. The van der Waals surface area contributed by atoms with Crippen molar-refractivity contribution in [1.29, 1.82) is 0 Å². The van der Waals surface area contributed by atoms with E-state index < -0.39 is 10.8 Å². The van der Waals surface area contributed by atoms with Gasteiger partial charge in [-0.3, -0.25) is 4.21 Å². The van der Waals surface area contributed by atoms with Crippen molar-refractivity contribution in [3.63, 3.8) is 0 Å². The molecule has 0 radical (unpaired) electrons. The largest absolute Gasteiger partial charge is 0.254 e. The minimum atomic E-state index is -0.856. The molecule has 3 unspecified atom stereocenters. The monoisotopic (exact) mass is 292 g/mol. The highest BCUT2D eigenvalue weighted by atomic mass is 32.2. The molecule has 0 fully saturated rings. The molecule has 0 amide bonds. The Labute approximate surface area is 126 Å². The molecule has 1 aliphatic carbocycles. The van der Waals surface area contributed by atoms with Crippen LogP contribution in [0.15, 0.2) is 34.8 Å². The summed E-state index contributed by atoms with van der Waals surface area (Å²) in [6.07, 6.45) is 11.1. The minimum Gasteiger partial charge on any atom is -0.254 e. The first kappa shape index (κ1) is 15.8. The molecule has 2 heteroatoms. The van der Waals surface area contributed by atoms with Crippen LogP contribution in [0.25, 0.3) is 0 Å². The number of rotatable bonds is 1. The van der Waals surface area contributed by atoms with E-state index in [4.69, 9.17) is 0 Å². The molecule has 0 aromatic heterocycles. The van der Waals surface area contributed by atoms with E-state index in [1.807, 2.05) is 0 Å². The van der Waals surface area contributed by atoms with Gasteiger partial charge in [0.15, 0.2) is 0 Å². The maximum atomic E-state index is 12.6. The molecule has 3 atom stereocenters.